The smallest absolute Gasteiger partial charge is 0.254 e. The number of nitrogens with zero attached hydrogens (tertiary/aromatic N) is 1. The van der Waals surface area contributed by atoms with Crippen LogP contribution in [-0.2, 0) is 16.4 Å². The summed E-state index contributed by atoms with van der Waals surface area (Å²) < 4.78 is 29.9. The molecule has 7 heteroatoms. The predicted molar refractivity (Wildman–Crippen MR) is 124 cm³/mol. The molecule has 1 aliphatic rings. The van der Waals surface area contributed by atoms with Gasteiger partial charge in [-0.2, -0.15) is 0 Å². The summed E-state index contributed by atoms with van der Waals surface area (Å²) in [5.41, 5.74) is 1.39. The van der Waals surface area contributed by atoms with E-state index in [1.165, 1.54) is 12.8 Å². The van der Waals surface area contributed by atoms with Crippen molar-refractivity contribution in [3.63, 3.8) is 0 Å². The molecule has 2 aromatic rings. The molecule has 1 atom stereocenters. The highest BCUT2D eigenvalue weighted by atomic mass is 35.5. The summed E-state index contributed by atoms with van der Waals surface area (Å²) >= 11 is 6.10. The molecular weight excluding hydrogens is 434 g/mol. The lowest BCUT2D eigenvalue weighted by molar-refractivity contribution is 0.0681. The van der Waals surface area contributed by atoms with Crippen LogP contribution in [0.2, 0.25) is 5.02 Å². The third-order valence-electron chi connectivity index (χ3n) is 5.52. The number of benzene rings is 2. The van der Waals surface area contributed by atoms with Crippen LogP contribution in [0, 0.1) is 0 Å². The van der Waals surface area contributed by atoms with Crippen molar-refractivity contribution in [2.75, 3.05) is 18.1 Å². The summed E-state index contributed by atoms with van der Waals surface area (Å²) in [4.78, 5) is 15.0. The third-order valence-corrected chi connectivity index (χ3v) is 7.51. The van der Waals surface area contributed by atoms with E-state index in [1.807, 2.05) is 12.1 Å². The van der Waals surface area contributed by atoms with Gasteiger partial charge in [-0.05, 0) is 54.8 Å². The number of rotatable bonds is 10. The minimum Gasteiger partial charge on any atom is -0.494 e. The van der Waals surface area contributed by atoms with Crippen LogP contribution in [0.1, 0.15) is 54.9 Å². The lowest BCUT2D eigenvalue weighted by atomic mass is 10.1. The number of unbranched alkanes of at least 4 members (excludes halogenated alkanes) is 3. The van der Waals surface area contributed by atoms with E-state index in [9.17, 15) is 13.2 Å². The highest BCUT2D eigenvalue weighted by molar-refractivity contribution is 7.91. The normalized spacial score (nSPS) is 17.4. The Kier molecular flexibility index (Phi) is 8.38. The molecule has 0 unspecified atom stereocenters. The summed E-state index contributed by atoms with van der Waals surface area (Å²) in [6, 6.07) is 14.1. The van der Waals surface area contributed by atoms with Crippen molar-refractivity contribution < 1.29 is 17.9 Å². The van der Waals surface area contributed by atoms with E-state index in [4.69, 9.17) is 16.3 Å². The minimum atomic E-state index is -3.12. The molecule has 0 bridgehead atoms. The second-order valence-electron chi connectivity index (χ2n) is 8.05. The molecule has 1 aliphatic heterocycles. The first-order valence-electron chi connectivity index (χ1n) is 10.9. The van der Waals surface area contributed by atoms with Gasteiger partial charge in [0.1, 0.15) is 5.75 Å². The number of carbonyl (C=O) groups excluding carboxylic acids is 1. The van der Waals surface area contributed by atoms with Crippen LogP contribution >= 0.6 is 11.6 Å². The maximum atomic E-state index is 13.3. The zero-order valence-corrected chi connectivity index (χ0v) is 19.5. The lowest BCUT2D eigenvalue weighted by Crippen LogP contribution is -2.40. The molecule has 3 rings (SSSR count). The number of hydrogen-bond donors (Lipinski definition) is 0. The minimum absolute atomic E-state index is 0.00173. The Morgan fingerprint density at radius 3 is 2.55 bits per heavy atom. The zero-order chi connectivity index (χ0) is 22.3. The topological polar surface area (TPSA) is 63.7 Å². The maximum Gasteiger partial charge on any atom is 0.254 e. The van der Waals surface area contributed by atoms with Crippen LogP contribution in [0.3, 0.4) is 0 Å². The Morgan fingerprint density at radius 2 is 1.90 bits per heavy atom. The molecule has 1 amide bonds. The van der Waals surface area contributed by atoms with Gasteiger partial charge in [0.15, 0.2) is 9.84 Å². The van der Waals surface area contributed by atoms with Crippen molar-refractivity contribution >= 4 is 27.3 Å². The molecule has 0 aromatic heterocycles. The molecule has 5 nitrogen and oxygen atoms in total. The first kappa shape index (κ1) is 23.6. The zero-order valence-electron chi connectivity index (χ0n) is 17.9. The highest BCUT2D eigenvalue weighted by Gasteiger charge is 2.35. The molecule has 168 valence electrons. The number of ether oxygens (including phenoxy) is 1. The summed E-state index contributed by atoms with van der Waals surface area (Å²) in [6.07, 6.45) is 5.00. The van der Waals surface area contributed by atoms with Crippen molar-refractivity contribution in [3.8, 4) is 5.75 Å². The second kappa shape index (κ2) is 11.0. The van der Waals surface area contributed by atoms with Crippen LogP contribution in [-0.4, -0.2) is 43.4 Å². The van der Waals surface area contributed by atoms with E-state index in [-0.39, 0.29) is 23.5 Å². The number of sulfone groups is 1. The average Bonchev–Trinajstić information content (AvgIpc) is 3.11. The Hall–Kier alpha value is -2.05. The van der Waals surface area contributed by atoms with Gasteiger partial charge in [0.05, 0.1) is 18.1 Å². The van der Waals surface area contributed by atoms with Crippen molar-refractivity contribution in [1.29, 1.82) is 0 Å². The summed E-state index contributed by atoms with van der Waals surface area (Å²) in [5, 5.41) is 0.587. The Labute approximate surface area is 190 Å². The first-order valence-corrected chi connectivity index (χ1v) is 13.1. The molecule has 0 spiro atoms. The Balaban J connectivity index is 1.71. The van der Waals surface area contributed by atoms with Gasteiger partial charge in [-0.3, -0.25) is 4.79 Å². The third kappa shape index (κ3) is 6.97. The SMILES string of the molecule is CCCCCCOc1ccc(C(=O)N(Cc2cccc(Cl)c2)[C@@H]2CCS(=O)(=O)C2)cc1. The van der Waals surface area contributed by atoms with Crippen LogP contribution in [0.5, 0.6) is 5.75 Å². The standard InChI is InChI=1S/C24H30ClNO4S/c1-2-3-4-5-14-30-23-11-9-20(10-12-23)24(27)26(22-13-15-31(28,29)18-22)17-19-7-6-8-21(25)16-19/h6-12,16,22H,2-5,13-15,17-18H2,1H3/t22-/m1/s1. The largest absolute Gasteiger partial charge is 0.494 e. The number of carbonyl (C=O) groups is 1. The highest BCUT2D eigenvalue weighted by Crippen LogP contribution is 2.24. The quantitative estimate of drug-likeness (QED) is 0.458. The van der Waals surface area contributed by atoms with Crippen molar-refractivity contribution in [3.05, 3.63) is 64.7 Å². The fourth-order valence-electron chi connectivity index (χ4n) is 3.80. The fraction of sp³-hybridized carbons (Fsp3) is 0.458. The molecule has 0 aliphatic carbocycles. The summed E-state index contributed by atoms with van der Waals surface area (Å²) in [6.45, 7) is 3.15. The van der Waals surface area contributed by atoms with Crippen molar-refractivity contribution in [1.82, 2.24) is 4.90 Å². The van der Waals surface area contributed by atoms with E-state index in [0.717, 1.165) is 24.2 Å². The van der Waals surface area contributed by atoms with Crippen LogP contribution in [0.25, 0.3) is 0 Å². The fourth-order valence-corrected chi connectivity index (χ4v) is 5.74. The van der Waals surface area contributed by atoms with Gasteiger partial charge in [-0.1, -0.05) is 49.9 Å². The van der Waals surface area contributed by atoms with Gasteiger partial charge in [-0.15, -0.1) is 0 Å². The number of hydrogen-bond acceptors (Lipinski definition) is 4. The van der Waals surface area contributed by atoms with E-state index < -0.39 is 9.84 Å². The van der Waals surface area contributed by atoms with E-state index in [2.05, 4.69) is 6.92 Å². The molecule has 0 radical (unpaired) electrons. The molecule has 0 N–H and O–H groups in total. The van der Waals surface area contributed by atoms with Gasteiger partial charge in [0, 0.05) is 23.2 Å². The monoisotopic (exact) mass is 463 g/mol. The summed E-state index contributed by atoms with van der Waals surface area (Å²) in [5.74, 6) is 0.662. The van der Waals surface area contributed by atoms with Gasteiger partial charge < -0.3 is 9.64 Å². The first-order chi connectivity index (χ1) is 14.9. The number of halogens is 1. The molecule has 1 fully saturated rings. The molecule has 1 saturated heterocycles. The molecule has 31 heavy (non-hydrogen) atoms. The van der Waals surface area contributed by atoms with Gasteiger partial charge in [0.25, 0.3) is 5.91 Å². The van der Waals surface area contributed by atoms with Crippen LogP contribution in [0.4, 0.5) is 0 Å². The van der Waals surface area contributed by atoms with Crippen molar-refractivity contribution in [2.45, 2.75) is 51.6 Å². The average molecular weight is 464 g/mol. The molecule has 2 aromatic carbocycles. The van der Waals surface area contributed by atoms with E-state index in [0.29, 0.717) is 30.2 Å². The van der Waals surface area contributed by atoms with Gasteiger partial charge >= 0.3 is 0 Å². The van der Waals surface area contributed by atoms with Gasteiger partial charge in [0.2, 0.25) is 0 Å². The van der Waals surface area contributed by atoms with Crippen LogP contribution < -0.4 is 4.74 Å². The van der Waals surface area contributed by atoms with Crippen LogP contribution in [0.15, 0.2) is 48.5 Å². The number of amides is 1. The lowest BCUT2D eigenvalue weighted by Gasteiger charge is -2.28. The van der Waals surface area contributed by atoms with Crippen molar-refractivity contribution in [2.24, 2.45) is 0 Å². The van der Waals surface area contributed by atoms with E-state index in [1.54, 1.807) is 41.3 Å². The predicted octanol–water partition coefficient (Wildman–Crippen LogP) is 5.13. The second-order valence-corrected chi connectivity index (χ2v) is 10.7. The summed E-state index contributed by atoms with van der Waals surface area (Å²) in [7, 11) is -3.12. The van der Waals surface area contributed by atoms with E-state index >= 15 is 0 Å². The van der Waals surface area contributed by atoms with Gasteiger partial charge in [-0.25, -0.2) is 8.42 Å². The Bertz CT molecular complexity index is 975. The maximum absolute atomic E-state index is 13.3. The Morgan fingerprint density at radius 1 is 1.13 bits per heavy atom. The molecular formula is C24H30ClNO4S. The molecule has 1 heterocycles. The molecule has 0 saturated carbocycles.